The Morgan fingerprint density at radius 1 is 1.21 bits per heavy atom. The standard InChI is InChI=1S/C15H16N2O2/c18-10-4-7-13-11-16-14(17-15(13)19)9-8-12-5-2-1-3-6-12/h1-3,5-6,8-9,11,18H,4,7,10H2,(H,16,17,19)/b9-8+. The molecule has 0 saturated carbocycles. The summed E-state index contributed by atoms with van der Waals surface area (Å²) in [5.74, 6) is 0.529. The molecule has 0 aliphatic carbocycles. The Bertz CT molecular complexity index is 603. The van der Waals surface area contributed by atoms with E-state index in [1.807, 2.05) is 36.4 Å². The largest absolute Gasteiger partial charge is 0.396 e. The Morgan fingerprint density at radius 3 is 2.68 bits per heavy atom. The van der Waals surface area contributed by atoms with Crippen LogP contribution in [0.25, 0.3) is 12.2 Å². The molecule has 0 atom stereocenters. The molecule has 0 bridgehead atoms. The summed E-state index contributed by atoms with van der Waals surface area (Å²) in [6, 6.07) is 9.81. The quantitative estimate of drug-likeness (QED) is 0.858. The van der Waals surface area contributed by atoms with Crippen LogP contribution in [0.1, 0.15) is 23.4 Å². The number of aromatic nitrogens is 2. The van der Waals surface area contributed by atoms with Gasteiger partial charge in [0.2, 0.25) is 0 Å². The van der Waals surface area contributed by atoms with Gasteiger partial charge in [-0.05, 0) is 24.5 Å². The van der Waals surface area contributed by atoms with Gasteiger partial charge in [-0.25, -0.2) is 0 Å². The van der Waals surface area contributed by atoms with Crippen molar-refractivity contribution < 1.29 is 5.11 Å². The first kappa shape index (κ1) is 13.2. The predicted molar refractivity (Wildman–Crippen MR) is 75.6 cm³/mol. The average Bonchev–Trinajstić information content (AvgIpc) is 2.45. The Morgan fingerprint density at radius 2 is 2.00 bits per heavy atom. The van der Waals surface area contributed by atoms with Crippen LogP contribution in [0.2, 0.25) is 0 Å². The molecule has 2 N–H and O–H groups in total. The molecule has 19 heavy (non-hydrogen) atoms. The lowest BCUT2D eigenvalue weighted by molar-refractivity contribution is 0.288. The number of rotatable bonds is 5. The number of hydrogen-bond donors (Lipinski definition) is 2. The van der Waals surface area contributed by atoms with Gasteiger partial charge in [0.25, 0.3) is 5.56 Å². The summed E-state index contributed by atoms with van der Waals surface area (Å²) in [5, 5.41) is 8.74. The van der Waals surface area contributed by atoms with Gasteiger partial charge in [0.05, 0.1) is 0 Å². The van der Waals surface area contributed by atoms with Crippen molar-refractivity contribution in [1.29, 1.82) is 0 Å². The second kappa shape index (κ2) is 6.66. The van der Waals surface area contributed by atoms with Crippen molar-refractivity contribution in [3.63, 3.8) is 0 Å². The SMILES string of the molecule is O=c1nc(/C=C/c2ccccc2)[nH]cc1CCCO. The summed E-state index contributed by atoms with van der Waals surface area (Å²) in [6.07, 6.45) is 6.44. The van der Waals surface area contributed by atoms with Crippen LogP contribution in [0.4, 0.5) is 0 Å². The predicted octanol–water partition coefficient (Wildman–Crippen LogP) is 1.87. The third-order valence-electron chi connectivity index (χ3n) is 2.73. The van der Waals surface area contributed by atoms with Gasteiger partial charge < -0.3 is 10.1 Å². The van der Waals surface area contributed by atoms with Gasteiger partial charge in [0.15, 0.2) is 0 Å². The Balaban J connectivity index is 2.12. The van der Waals surface area contributed by atoms with Gasteiger partial charge in [0, 0.05) is 18.4 Å². The molecule has 0 fully saturated rings. The van der Waals surface area contributed by atoms with E-state index in [0.29, 0.717) is 24.2 Å². The molecular formula is C15H16N2O2. The summed E-state index contributed by atoms with van der Waals surface area (Å²) >= 11 is 0. The minimum Gasteiger partial charge on any atom is -0.396 e. The highest BCUT2D eigenvalue weighted by Gasteiger charge is 2.00. The second-order valence-corrected chi connectivity index (χ2v) is 4.19. The van der Waals surface area contributed by atoms with Crippen molar-refractivity contribution in [2.24, 2.45) is 0 Å². The van der Waals surface area contributed by atoms with E-state index in [4.69, 9.17) is 5.11 Å². The maximum Gasteiger partial charge on any atom is 0.276 e. The first-order chi connectivity index (χ1) is 9.29. The molecule has 0 radical (unpaired) electrons. The lowest BCUT2D eigenvalue weighted by Crippen LogP contribution is -2.15. The summed E-state index contributed by atoms with van der Waals surface area (Å²) in [7, 11) is 0. The Hall–Kier alpha value is -2.20. The summed E-state index contributed by atoms with van der Waals surface area (Å²) in [4.78, 5) is 18.6. The van der Waals surface area contributed by atoms with Crippen LogP contribution in [0.5, 0.6) is 0 Å². The molecule has 1 aromatic heterocycles. The zero-order chi connectivity index (χ0) is 13.5. The zero-order valence-corrected chi connectivity index (χ0v) is 10.5. The molecule has 2 aromatic rings. The van der Waals surface area contributed by atoms with Crippen LogP contribution in [0.15, 0.2) is 41.3 Å². The Kier molecular flexibility index (Phi) is 4.64. The van der Waals surface area contributed by atoms with Crippen LogP contribution < -0.4 is 5.56 Å². The van der Waals surface area contributed by atoms with Crippen LogP contribution in [-0.2, 0) is 6.42 Å². The van der Waals surface area contributed by atoms with Crippen molar-refractivity contribution in [2.45, 2.75) is 12.8 Å². The van der Waals surface area contributed by atoms with Gasteiger partial charge in [-0.1, -0.05) is 36.4 Å². The van der Waals surface area contributed by atoms with E-state index >= 15 is 0 Å². The molecule has 0 saturated heterocycles. The van der Waals surface area contributed by atoms with Crippen LogP contribution in [0.3, 0.4) is 0 Å². The van der Waals surface area contributed by atoms with Crippen LogP contribution in [0, 0.1) is 0 Å². The number of benzene rings is 1. The van der Waals surface area contributed by atoms with Crippen molar-refractivity contribution in [1.82, 2.24) is 9.97 Å². The van der Waals surface area contributed by atoms with Gasteiger partial charge in [-0.2, -0.15) is 4.98 Å². The minimum atomic E-state index is -0.236. The highest BCUT2D eigenvalue weighted by molar-refractivity contribution is 5.66. The maximum absolute atomic E-state index is 11.7. The molecule has 0 amide bonds. The molecule has 1 aromatic carbocycles. The lowest BCUT2D eigenvalue weighted by Gasteiger charge is -1.99. The average molecular weight is 256 g/mol. The maximum atomic E-state index is 11.7. The number of nitrogens with one attached hydrogen (secondary N) is 1. The fraction of sp³-hybridized carbons (Fsp3) is 0.200. The van der Waals surface area contributed by atoms with E-state index in [0.717, 1.165) is 5.56 Å². The molecule has 98 valence electrons. The number of aliphatic hydroxyl groups excluding tert-OH is 1. The van der Waals surface area contributed by atoms with Crippen LogP contribution in [-0.4, -0.2) is 21.7 Å². The molecule has 4 nitrogen and oxygen atoms in total. The fourth-order valence-corrected chi connectivity index (χ4v) is 1.71. The molecule has 1 heterocycles. The number of hydrogen-bond acceptors (Lipinski definition) is 3. The monoisotopic (exact) mass is 256 g/mol. The van der Waals surface area contributed by atoms with Crippen molar-refractivity contribution in [3.05, 3.63) is 63.8 Å². The number of nitrogens with zero attached hydrogens (tertiary/aromatic N) is 1. The van der Waals surface area contributed by atoms with Crippen molar-refractivity contribution in [3.8, 4) is 0 Å². The second-order valence-electron chi connectivity index (χ2n) is 4.19. The summed E-state index contributed by atoms with van der Waals surface area (Å²) in [6.45, 7) is 0.0785. The van der Waals surface area contributed by atoms with Gasteiger partial charge in [-0.15, -0.1) is 0 Å². The summed E-state index contributed by atoms with van der Waals surface area (Å²) in [5.41, 5.74) is 1.42. The van der Waals surface area contributed by atoms with E-state index in [-0.39, 0.29) is 12.2 Å². The minimum absolute atomic E-state index is 0.0785. The van der Waals surface area contributed by atoms with Gasteiger partial charge in [-0.3, -0.25) is 4.79 Å². The highest BCUT2D eigenvalue weighted by Crippen LogP contribution is 2.04. The molecule has 2 rings (SSSR count). The molecule has 0 unspecified atom stereocenters. The van der Waals surface area contributed by atoms with Crippen molar-refractivity contribution in [2.75, 3.05) is 6.61 Å². The molecule has 0 aliphatic heterocycles. The normalized spacial score (nSPS) is 11.0. The number of aliphatic hydroxyl groups is 1. The smallest absolute Gasteiger partial charge is 0.276 e. The third kappa shape index (κ3) is 3.89. The van der Waals surface area contributed by atoms with Crippen molar-refractivity contribution >= 4 is 12.2 Å². The molecular weight excluding hydrogens is 240 g/mol. The van der Waals surface area contributed by atoms with E-state index in [9.17, 15) is 4.79 Å². The fourth-order valence-electron chi connectivity index (χ4n) is 1.71. The van der Waals surface area contributed by atoms with Gasteiger partial charge >= 0.3 is 0 Å². The van der Waals surface area contributed by atoms with E-state index in [1.54, 1.807) is 12.3 Å². The third-order valence-corrected chi connectivity index (χ3v) is 2.73. The molecule has 4 heteroatoms. The molecule has 0 aliphatic rings. The number of aryl methyl sites for hydroxylation is 1. The summed E-state index contributed by atoms with van der Waals surface area (Å²) < 4.78 is 0. The van der Waals surface area contributed by atoms with Crippen LogP contribution >= 0.6 is 0 Å². The zero-order valence-electron chi connectivity index (χ0n) is 10.5. The Labute approximate surface area is 111 Å². The first-order valence-corrected chi connectivity index (χ1v) is 6.22. The first-order valence-electron chi connectivity index (χ1n) is 6.22. The van der Waals surface area contributed by atoms with E-state index in [1.165, 1.54) is 0 Å². The number of aromatic amines is 1. The van der Waals surface area contributed by atoms with E-state index < -0.39 is 0 Å². The topological polar surface area (TPSA) is 66.0 Å². The molecule has 0 spiro atoms. The highest BCUT2D eigenvalue weighted by atomic mass is 16.2. The lowest BCUT2D eigenvalue weighted by atomic mass is 10.2. The number of H-pyrrole nitrogens is 1. The van der Waals surface area contributed by atoms with Gasteiger partial charge in [0.1, 0.15) is 5.82 Å². The van der Waals surface area contributed by atoms with E-state index in [2.05, 4.69) is 9.97 Å².